The van der Waals surface area contributed by atoms with Gasteiger partial charge in [-0.3, -0.25) is 9.59 Å². The minimum absolute atomic E-state index is 0.0600. The molecule has 1 heterocycles. The Balaban J connectivity index is 1.91. The molecule has 1 aromatic carbocycles. The molecule has 0 radical (unpaired) electrons. The largest absolute Gasteiger partial charge is 0.469 e. The zero-order valence-corrected chi connectivity index (χ0v) is 14.6. The van der Waals surface area contributed by atoms with Crippen LogP contribution >= 0.6 is 0 Å². The fourth-order valence-corrected chi connectivity index (χ4v) is 4.59. The number of halogens is 4. The second kappa shape index (κ2) is 5.69. The molecule has 26 heavy (non-hydrogen) atoms. The molecule has 2 aliphatic rings. The third-order valence-electron chi connectivity index (χ3n) is 5.61. The fraction of sp³-hybridized carbons (Fsp3) is 0.556. The van der Waals surface area contributed by atoms with Gasteiger partial charge in [-0.25, -0.2) is 4.39 Å². The Labute approximate surface area is 148 Å². The lowest BCUT2D eigenvalue weighted by atomic mass is 9.48. The van der Waals surface area contributed by atoms with Crippen molar-refractivity contribution in [3.8, 4) is 0 Å². The highest BCUT2D eigenvalue weighted by Gasteiger charge is 2.68. The Bertz CT molecular complexity index is 774. The summed E-state index contributed by atoms with van der Waals surface area (Å²) in [6.45, 7) is 4.22. The molecule has 0 unspecified atom stereocenters. The minimum atomic E-state index is -4.75. The molecule has 0 N–H and O–H groups in total. The number of ether oxygens (including phenoxy) is 1. The van der Waals surface area contributed by atoms with Crippen molar-refractivity contribution in [1.29, 1.82) is 0 Å². The predicted molar refractivity (Wildman–Crippen MR) is 83.6 cm³/mol. The number of carbonyl (C=O) groups is 2. The van der Waals surface area contributed by atoms with Gasteiger partial charge < -0.3 is 9.64 Å². The lowest BCUT2D eigenvalue weighted by Crippen LogP contribution is -2.57. The van der Waals surface area contributed by atoms with E-state index in [2.05, 4.69) is 0 Å². The van der Waals surface area contributed by atoms with E-state index in [4.69, 9.17) is 4.74 Å². The van der Waals surface area contributed by atoms with Crippen molar-refractivity contribution in [3.63, 3.8) is 0 Å². The third kappa shape index (κ3) is 2.75. The number of rotatable bonds is 2. The van der Waals surface area contributed by atoms with Crippen molar-refractivity contribution in [2.24, 2.45) is 16.7 Å². The SMILES string of the molecule is COC(=O)[C@@]12CN(C(=O)c3cc(F)cc(C(F)(F)F)c3)C[C@@H]1C(C)(C)C2. The van der Waals surface area contributed by atoms with Crippen LogP contribution in [0.1, 0.15) is 36.2 Å². The van der Waals surface area contributed by atoms with E-state index in [1.54, 1.807) is 0 Å². The van der Waals surface area contributed by atoms with E-state index < -0.39 is 34.8 Å². The van der Waals surface area contributed by atoms with Gasteiger partial charge in [-0.2, -0.15) is 13.2 Å². The molecule has 4 nitrogen and oxygen atoms in total. The molecule has 2 fully saturated rings. The zero-order valence-electron chi connectivity index (χ0n) is 14.6. The van der Waals surface area contributed by atoms with E-state index in [-0.39, 0.29) is 30.0 Å². The quantitative estimate of drug-likeness (QED) is 0.589. The standard InChI is InChI=1S/C18H19F4NO3/c1-16(2)8-17(15(25)26-3)9-23(7-13(16)17)14(24)10-4-11(18(20,21)22)6-12(19)5-10/h4-6,13H,7-9H2,1-3H3/t13-,17+/m1/s1. The van der Waals surface area contributed by atoms with E-state index in [1.807, 2.05) is 13.8 Å². The van der Waals surface area contributed by atoms with E-state index >= 15 is 0 Å². The first-order valence-corrected chi connectivity index (χ1v) is 8.16. The van der Waals surface area contributed by atoms with Gasteiger partial charge in [0.05, 0.1) is 18.1 Å². The van der Waals surface area contributed by atoms with E-state index in [0.717, 1.165) is 6.07 Å². The lowest BCUT2D eigenvalue weighted by Gasteiger charge is -2.54. The first-order chi connectivity index (χ1) is 11.9. The van der Waals surface area contributed by atoms with E-state index in [0.29, 0.717) is 18.6 Å². The average molecular weight is 373 g/mol. The van der Waals surface area contributed by atoms with Gasteiger partial charge in [-0.05, 0) is 36.0 Å². The molecular weight excluding hydrogens is 354 g/mol. The highest BCUT2D eigenvalue weighted by atomic mass is 19.4. The molecule has 1 aromatic rings. The number of hydrogen-bond acceptors (Lipinski definition) is 3. The Morgan fingerprint density at radius 2 is 1.88 bits per heavy atom. The number of amides is 1. The molecule has 8 heteroatoms. The van der Waals surface area contributed by atoms with Crippen LogP contribution < -0.4 is 0 Å². The maximum atomic E-state index is 13.6. The molecule has 3 rings (SSSR count). The smallest absolute Gasteiger partial charge is 0.416 e. The van der Waals surface area contributed by atoms with Crippen LogP contribution in [0.3, 0.4) is 0 Å². The third-order valence-corrected chi connectivity index (χ3v) is 5.61. The van der Waals surface area contributed by atoms with Gasteiger partial charge in [0.2, 0.25) is 0 Å². The Morgan fingerprint density at radius 1 is 1.23 bits per heavy atom. The van der Waals surface area contributed by atoms with Gasteiger partial charge in [-0.15, -0.1) is 0 Å². The Kier molecular flexibility index (Phi) is 4.08. The summed E-state index contributed by atoms with van der Waals surface area (Å²) in [6, 6.07) is 1.78. The molecule has 0 bridgehead atoms. The molecule has 1 aliphatic heterocycles. The van der Waals surface area contributed by atoms with Gasteiger partial charge >= 0.3 is 12.1 Å². The predicted octanol–water partition coefficient (Wildman–Crippen LogP) is 3.51. The van der Waals surface area contributed by atoms with Gasteiger partial charge in [-0.1, -0.05) is 13.8 Å². The normalized spacial score (nSPS) is 26.9. The first kappa shape index (κ1) is 18.7. The van der Waals surface area contributed by atoms with Gasteiger partial charge in [0.15, 0.2) is 0 Å². The molecule has 2 atom stereocenters. The van der Waals surface area contributed by atoms with Crippen molar-refractivity contribution in [3.05, 3.63) is 35.1 Å². The van der Waals surface area contributed by atoms with E-state index in [9.17, 15) is 27.2 Å². The summed E-state index contributed by atoms with van der Waals surface area (Å²) in [4.78, 5) is 26.3. The second-order valence-electron chi connectivity index (χ2n) is 7.78. The van der Waals surface area contributed by atoms with E-state index in [1.165, 1.54) is 12.0 Å². The summed E-state index contributed by atoms with van der Waals surface area (Å²) >= 11 is 0. The molecule has 142 valence electrons. The summed E-state index contributed by atoms with van der Waals surface area (Å²) < 4.78 is 57.1. The van der Waals surface area contributed by atoms with Crippen LogP contribution in [0, 0.1) is 22.6 Å². The van der Waals surface area contributed by atoms with Crippen LogP contribution in [0.15, 0.2) is 18.2 Å². The van der Waals surface area contributed by atoms with Crippen molar-refractivity contribution in [2.75, 3.05) is 20.2 Å². The zero-order chi connectivity index (χ0) is 19.5. The molecule has 1 amide bonds. The maximum absolute atomic E-state index is 13.6. The van der Waals surface area contributed by atoms with Gasteiger partial charge in [0.25, 0.3) is 5.91 Å². The summed E-state index contributed by atoms with van der Waals surface area (Å²) in [5, 5.41) is 0. The monoisotopic (exact) mass is 373 g/mol. The summed E-state index contributed by atoms with van der Waals surface area (Å²) in [6.07, 6.45) is -4.23. The van der Waals surface area contributed by atoms with Crippen LogP contribution in [0.25, 0.3) is 0 Å². The molecule has 0 spiro atoms. The Morgan fingerprint density at radius 3 is 2.42 bits per heavy atom. The van der Waals surface area contributed by atoms with Crippen LogP contribution in [0.5, 0.6) is 0 Å². The Hall–Kier alpha value is -2.12. The number of hydrogen-bond donors (Lipinski definition) is 0. The summed E-state index contributed by atoms with van der Waals surface area (Å²) in [7, 11) is 1.27. The summed E-state index contributed by atoms with van der Waals surface area (Å²) in [5.41, 5.74) is -2.63. The molecule has 0 aromatic heterocycles. The molecule has 1 aliphatic carbocycles. The molecule has 1 saturated heterocycles. The van der Waals surface area contributed by atoms with Crippen molar-refractivity contribution < 1.29 is 31.9 Å². The highest BCUT2D eigenvalue weighted by Crippen LogP contribution is 2.63. The van der Waals surface area contributed by atoms with Crippen LogP contribution in [0.4, 0.5) is 17.6 Å². The molecule has 1 saturated carbocycles. The van der Waals surface area contributed by atoms with Gasteiger partial charge in [0.1, 0.15) is 5.82 Å². The van der Waals surface area contributed by atoms with Gasteiger partial charge in [0, 0.05) is 18.7 Å². The summed E-state index contributed by atoms with van der Waals surface area (Å²) in [5.74, 6) is -2.42. The lowest BCUT2D eigenvalue weighted by molar-refractivity contribution is -0.174. The average Bonchev–Trinajstić information content (AvgIpc) is 2.88. The number of carbonyl (C=O) groups excluding carboxylic acids is 2. The number of methoxy groups -OCH3 is 1. The topological polar surface area (TPSA) is 46.6 Å². The minimum Gasteiger partial charge on any atom is -0.469 e. The number of benzene rings is 1. The number of alkyl halides is 3. The highest BCUT2D eigenvalue weighted by molar-refractivity contribution is 5.95. The van der Waals surface area contributed by atoms with Crippen molar-refractivity contribution >= 4 is 11.9 Å². The molecular formula is C18H19F4NO3. The van der Waals surface area contributed by atoms with Crippen molar-refractivity contribution in [2.45, 2.75) is 26.4 Å². The number of nitrogens with zero attached hydrogens (tertiary/aromatic N) is 1. The van der Waals surface area contributed by atoms with Crippen molar-refractivity contribution in [1.82, 2.24) is 4.90 Å². The van der Waals surface area contributed by atoms with Crippen LogP contribution in [-0.4, -0.2) is 37.0 Å². The number of likely N-dealkylation sites (tertiary alicyclic amines) is 1. The second-order valence-corrected chi connectivity index (χ2v) is 7.78. The first-order valence-electron chi connectivity index (χ1n) is 8.16. The maximum Gasteiger partial charge on any atom is 0.416 e. The van der Waals surface area contributed by atoms with Crippen LogP contribution in [-0.2, 0) is 15.7 Å². The number of esters is 1. The number of fused-ring (bicyclic) bond motifs is 1. The fourth-order valence-electron chi connectivity index (χ4n) is 4.59. The van der Waals surface area contributed by atoms with Crippen LogP contribution in [0.2, 0.25) is 0 Å².